The van der Waals surface area contributed by atoms with Crippen molar-refractivity contribution in [2.24, 2.45) is 0 Å². The van der Waals surface area contributed by atoms with Crippen molar-refractivity contribution >= 4 is 10.1 Å². The number of nitrogens with zero attached hydrogens (tertiary/aromatic N) is 1. The van der Waals surface area contributed by atoms with Gasteiger partial charge in [0.05, 0.1) is 6.04 Å². The van der Waals surface area contributed by atoms with Crippen LogP contribution in [0, 0.1) is 0 Å². The molecule has 1 aliphatic rings. The van der Waals surface area contributed by atoms with Crippen LogP contribution in [0.4, 0.5) is 0 Å². The van der Waals surface area contributed by atoms with Gasteiger partial charge in [-0.1, -0.05) is 54.6 Å². The van der Waals surface area contributed by atoms with Crippen LogP contribution in [-0.4, -0.2) is 31.0 Å². The Morgan fingerprint density at radius 2 is 1.68 bits per heavy atom. The molecule has 1 aliphatic heterocycles. The second-order valence-corrected chi connectivity index (χ2v) is 7.13. The largest absolute Gasteiger partial charge is 0.292 e. The molecule has 0 aromatic heterocycles. The first-order valence-corrected chi connectivity index (χ1v) is 8.97. The average Bonchev–Trinajstić information content (AvgIpc) is 2.42. The summed E-state index contributed by atoms with van der Waals surface area (Å²) in [6.07, 6.45) is 1.19. The fraction of sp³-hybridized carbons (Fsp3) is 0.294. The topological polar surface area (TPSA) is 57.6 Å². The van der Waals surface area contributed by atoms with E-state index in [0.29, 0.717) is 5.56 Å². The molecular weight excluding hydrogens is 298 g/mol. The summed E-state index contributed by atoms with van der Waals surface area (Å²) in [7, 11) is -4.01. The summed E-state index contributed by atoms with van der Waals surface area (Å²) in [5, 5.41) is 0. The molecular formula is C17H19NO3S. The summed E-state index contributed by atoms with van der Waals surface area (Å²) in [6.45, 7) is 2.09. The second-order valence-electron chi connectivity index (χ2n) is 5.67. The fourth-order valence-corrected chi connectivity index (χ4v) is 3.51. The smallest absolute Gasteiger partial charge is 0.269 e. The van der Waals surface area contributed by atoms with E-state index < -0.39 is 10.1 Å². The van der Waals surface area contributed by atoms with Crippen molar-refractivity contribution in [2.75, 3.05) is 13.1 Å². The molecule has 0 bridgehead atoms. The molecule has 116 valence electrons. The maximum Gasteiger partial charge on any atom is 0.269 e. The van der Waals surface area contributed by atoms with Crippen LogP contribution in [0.25, 0.3) is 0 Å². The maximum absolute atomic E-state index is 11.1. The minimum absolute atomic E-state index is 0.135. The van der Waals surface area contributed by atoms with Gasteiger partial charge in [-0.05, 0) is 23.1 Å². The van der Waals surface area contributed by atoms with E-state index in [1.165, 1.54) is 12.0 Å². The number of hydrogen-bond acceptors (Lipinski definition) is 3. The standard InChI is InChI=1S/C17H19NO3S/c19-22(20,21)13-14-6-4-9-16(12-14)17(18-10-5-11-18)15-7-2-1-3-8-15/h1-4,6-9,12,17H,5,10-11,13H2,(H,19,20,21). The van der Waals surface area contributed by atoms with E-state index >= 15 is 0 Å². The van der Waals surface area contributed by atoms with Gasteiger partial charge >= 0.3 is 0 Å². The minimum atomic E-state index is -4.01. The van der Waals surface area contributed by atoms with E-state index in [-0.39, 0.29) is 11.8 Å². The van der Waals surface area contributed by atoms with Gasteiger partial charge < -0.3 is 0 Å². The summed E-state index contributed by atoms with van der Waals surface area (Å²) in [5.74, 6) is -0.345. The highest BCUT2D eigenvalue weighted by atomic mass is 32.2. The molecule has 3 rings (SSSR count). The van der Waals surface area contributed by atoms with Crippen molar-refractivity contribution in [3.63, 3.8) is 0 Å². The van der Waals surface area contributed by atoms with Crippen molar-refractivity contribution in [3.05, 3.63) is 71.3 Å². The van der Waals surface area contributed by atoms with E-state index in [2.05, 4.69) is 17.0 Å². The summed E-state index contributed by atoms with van der Waals surface area (Å²) in [4.78, 5) is 2.38. The van der Waals surface area contributed by atoms with Gasteiger partial charge in [-0.25, -0.2) is 0 Å². The molecule has 0 amide bonds. The maximum atomic E-state index is 11.1. The van der Waals surface area contributed by atoms with Gasteiger partial charge in [0.15, 0.2) is 0 Å². The zero-order valence-electron chi connectivity index (χ0n) is 12.2. The number of rotatable bonds is 5. The lowest BCUT2D eigenvalue weighted by molar-refractivity contribution is 0.140. The van der Waals surface area contributed by atoms with Crippen LogP contribution in [0.1, 0.15) is 29.2 Å². The molecule has 0 radical (unpaired) electrons. The normalized spacial score (nSPS) is 17.0. The molecule has 0 saturated carbocycles. The highest BCUT2D eigenvalue weighted by Gasteiger charge is 2.26. The quantitative estimate of drug-likeness (QED) is 0.862. The van der Waals surface area contributed by atoms with Gasteiger partial charge in [-0.3, -0.25) is 9.45 Å². The van der Waals surface area contributed by atoms with E-state index in [4.69, 9.17) is 4.55 Å². The van der Waals surface area contributed by atoms with Gasteiger partial charge in [-0.15, -0.1) is 0 Å². The molecule has 1 N–H and O–H groups in total. The van der Waals surface area contributed by atoms with Crippen LogP contribution in [0.15, 0.2) is 54.6 Å². The third-order valence-electron chi connectivity index (χ3n) is 3.99. The van der Waals surface area contributed by atoms with Crippen molar-refractivity contribution in [1.29, 1.82) is 0 Å². The molecule has 4 nitrogen and oxygen atoms in total. The van der Waals surface area contributed by atoms with Gasteiger partial charge in [0.2, 0.25) is 0 Å². The monoisotopic (exact) mass is 317 g/mol. The van der Waals surface area contributed by atoms with Crippen LogP contribution in [0.5, 0.6) is 0 Å². The molecule has 0 aliphatic carbocycles. The van der Waals surface area contributed by atoms with Crippen molar-refractivity contribution in [1.82, 2.24) is 4.90 Å². The van der Waals surface area contributed by atoms with E-state index in [9.17, 15) is 8.42 Å². The molecule has 5 heteroatoms. The molecule has 2 aromatic carbocycles. The lowest BCUT2D eigenvalue weighted by Gasteiger charge is -2.39. The van der Waals surface area contributed by atoms with Crippen molar-refractivity contribution in [3.8, 4) is 0 Å². The Hall–Kier alpha value is -1.69. The van der Waals surface area contributed by atoms with Gasteiger partial charge in [0, 0.05) is 13.1 Å². The lowest BCUT2D eigenvalue weighted by atomic mass is 9.93. The van der Waals surface area contributed by atoms with Crippen LogP contribution in [0.3, 0.4) is 0 Å². The fourth-order valence-electron chi connectivity index (χ4n) is 2.91. The number of benzene rings is 2. The number of likely N-dealkylation sites (tertiary alicyclic amines) is 1. The van der Waals surface area contributed by atoms with Gasteiger partial charge in [0.1, 0.15) is 5.75 Å². The van der Waals surface area contributed by atoms with Crippen LogP contribution >= 0.6 is 0 Å². The van der Waals surface area contributed by atoms with Crippen molar-refractivity contribution < 1.29 is 13.0 Å². The Morgan fingerprint density at radius 1 is 1.00 bits per heavy atom. The SMILES string of the molecule is O=S(=O)(O)Cc1cccc(C(c2ccccc2)N2CCC2)c1. The highest BCUT2D eigenvalue weighted by Crippen LogP contribution is 2.32. The first-order valence-electron chi connectivity index (χ1n) is 7.36. The first-order chi connectivity index (χ1) is 10.5. The van der Waals surface area contributed by atoms with E-state index in [1.807, 2.05) is 36.4 Å². The minimum Gasteiger partial charge on any atom is -0.292 e. The van der Waals surface area contributed by atoms with Crippen molar-refractivity contribution in [2.45, 2.75) is 18.2 Å². The molecule has 0 spiro atoms. The molecule has 1 saturated heterocycles. The molecule has 2 aromatic rings. The Bertz CT molecular complexity index is 740. The molecule has 22 heavy (non-hydrogen) atoms. The Labute approximate surface area is 131 Å². The van der Waals surface area contributed by atoms with Crippen LogP contribution in [0.2, 0.25) is 0 Å². The Balaban J connectivity index is 1.96. The van der Waals surface area contributed by atoms with Gasteiger partial charge in [-0.2, -0.15) is 8.42 Å². The first kappa shape index (κ1) is 15.2. The highest BCUT2D eigenvalue weighted by molar-refractivity contribution is 7.85. The Morgan fingerprint density at radius 3 is 2.27 bits per heavy atom. The predicted molar refractivity (Wildman–Crippen MR) is 86.2 cm³/mol. The lowest BCUT2D eigenvalue weighted by Crippen LogP contribution is -2.40. The molecule has 1 unspecified atom stereocenters. The van der Waals surface area contributed by atoms with E-state index in [0.717, 1.165) is 18.7 Å². The summed E-state index contributed by atoms with van der Waals surface area (Å²) >= 11 is 0. The van der Waals surface area contributed by atoms with Crippen LogP contribution < -0.4 is 0 Å². The molecule has 1 heterocycles. The summed E-state index contributed by atoms with van der Waals surface area (Å²) in [5.41, 5.74) is 2.87. The third-order valence-corrected chi connectivity index (χ3v) is 4.69. The zero-order valence-corrected chi connectivity index (χ0v) is 13.0. The average molecular weight is 317 g/mol. The molecule has 1 atom stereocenters. The van der Waals surface area contributed by atoms with Gasteiger partial charge in [0.25, 0.3) is 10.1 Å². The molecule has 1 fully saturated rings. The van der Waals surface area contributed by atoms with E-state index in [1.54, 1.807) is 6.07 Å². The third kappa shape index (κ3) is 3.55. The summed E-state index contributed by atoms with van der Waals surface area (Å²) < 4.78 is 31.2. The summed E-state index contributed by atoms with van der Waals surface area (Å²) in [6, 6.07) is 17.8. The predicted octanol–water partition coefficient (Wildman–Crippen LogP) is 2.87. The van der Waals surface area contributed by atoms with Crippen LogP contribution in [-0.2, 0) is 15.9 Å². The Kier molecular flexibility index (Phi) is 4.29. The zero-order chi connectivity index (χ0) is 15.6. The second kappa shape index (κ2) is 6.20. The number of hydrogen-bond donors (Lipinski definition) is 1.